The molecule has 0 aliphatic heterocycles. The molecule has 0 saturated heterocycles. The highest BCUT2D eigenvalue weighted by atomic mass is 31.1. The SMILES string of the molecule is C/C=C\C(=C/C(C)C)P(C1=CC=CCC=C1Oc1ccccc1Pc1ccccc1)c1ccccc1. The monoisotopic (exact) mass is 508 g/mol. The first-order valence-corrected chi connectivity index (χ1v) is 14.9. The summed E-state index contributed by atoms with van der Waals surface area (Å²) in [7, 11) is -0.251. The summed E-state index contributed by atoms with van der Waals surface area (Å²) in [6, 6.07) is 30.0. The average molecular weight is 509 g/mol. The van der Waals surface area contributed by atoms with Crippen molar-refractivity contribution in [3.8, 4) is 5.75 Å². The molecule has 0 fully saturated rings. The maximum Gasteiger partial charge on any atom is 0.135 e. The average Bonchev–Trinajstić information content (AvgIpc) is 3.12. The van der Waals surface area contributed by atoms with Crippen LogP contribution in [0.25, 0.3) is 0 Å². The molecule has 3 aromatic carbocycles. The number of hydrogen-bond donors (Lipinski definition) is 0. The van der Waals surface area contributed by atoms with Gasteiger partial charge in [0.15, 0.2) is 0 Å². The van der Waals surface area contributed by atoms with Crippen LogP contribution in [0.4, 0.5) is 0 Å². The van der Waals surface area contributed by atoms with Crippen molar-refractivity contribution in [1.82, 2.24) is 0 Å². The van der Waals surface area contributed by atoms with Gasteiger partial charge in [-0.1, -0.05) is 138 Å². The third-order valence-electron chi connectivity index (χ3n) is 5.60. The third-order valence-corrected chi connectivity index (χ3v) is 9.38. The van der Waals surface area contributed by atoms with Gasteiger partial charge in [-0.2, -0.15) is 0 Å². The molecule has 0 aromatic heterocycles. The normalized spacial score (nSPS) is 15.3. The van der Waals surface area contributed by atoms with E-state index in [4.69, 9.17) is 4.74 Å². The molecule has 0 bridgehead atoms. The van der Waals surface area contributed by atoms with Crippen molar-refractivity contribution in [2.24, 2.45) is 5.92 Å². The molecule has 36 heavy (non-hydrogen) atoms. The molecular weight excluding hydrogens is 474 g/mol. The number of hydrogen-bond acceptors (Lipinski definition) is 1. The van der Waals surface area contributed by atoms with Crippen molar-refractivity contribution in [2.75, 3.05) is 0 Å². The lowest BCUT2D eigenvalue weighted by Gasteiger charge is -2.26. The van der Waals surface area contributed by atoms with E-state index < -0.39 is 7.92 Å². The van der Waals surface area contributed by atoms with E-state index >= 15 is 0 Å². The molecule has 1 aliphatic carbocycles. The van der Waals surface area contributed by atoms with E-state index in [9.17, 15) is 0 Å². The topological polar surface area (TPSA) is 9.23 Å². The molecule has 0 N–H and O–H groups in total. The first-order chi connectivity index (χ1) is 17.7. The van der Waals surface area contributed by atoms with Crippen LogP contribution in [-0.4, -0.2) is 0 Å². The highest BCUT2D eigenvalue weighted by Crippen LogP contribution is 2.55. The standard InChI is InChI=1S/C33H34OP2/c1-4-16-29(25-26(2)3)36(28-19-10-6-11-20-28)33-24-13-7-12-22-31(33)34-30-21-14-15-23-32(30)35-27-17-8-5-9-18-27/h4-11,13-26,35H,12H2,1-3H3/b16-4-,29-25+. The lowest BCUT2D eigenvalue weighted by Crippen LogP contribution is -2.12. The second-order valence-corrected chi connectivity index (χ2v) is 12.4. The van der Waals surface area contributed by atoms with Crippen LogP contribution in [0.1, 0.15) is 27.2 Å². The van der Waals surface area contributed by atoms with E-state index in [-0.39, 0.29) is 0 Å². The molecule has 1 aliphatic rings. The summed E-state index contributed by atoms with van der Waals surface area (Å²) < 4.78 is 6.81. The fraction of sp³-hybridized carbons (Fsp3) is 0.152. The Bertz CT molecular complexity index is 1280. The molecule has 2 atom stereocenters. The van der Waals surface area contributed by atoms with Gasteiger partial charge < -0.3 is 4.74 Å². The van der Waals surface area contributed by atoms with Crippen LogP contribution >= 0.6 is 16.5 Å². The van der Waals surface area contributed by atoms with Crippen molar-refractivity contribution in [2.45, 2.75) is 27.2 Å². The highest BCUT2D eigenvalue weighted by Gasteiger charge is 2.25. The maximum absolute atomic E-state index is 6.81. The molecule has 0 spiro atoms. The predicted octanol–water partition coefficient (Wildman–Crippen LogP) is 8.35. The summed E-state index contributed by atoms with van der Waals surface area (Å²) in [6.45, 7) is 6.59. The van der Waals surface area contributed by atoms with Crippen LogP contribution in [0.5, 0.6) is 5.75 Å². The van der Waals surface area contributed by atoms with Crippen LogP contribution in [0.3, 0.4) is 0 Å². The van der Waals surface area contributed by atoms with Crippen molar-refractivity contribution < 1.29 is 4.74 Å². The number of allylic oxidation sites excluding steroid dienone is 9. The molecule has 1 nitrogen and oxygen atoms in total. The quantitative estimate of drug-likeness (QED) is 0.208. The molecule has 0 heterocycles. The van der Waals surface area contributed by atoms with Crippen LogP contribution in [0, 0.1) is 5.92 Å². The molecular formula is C33H34OP2. The molecule has 182 valence electrons. The Hall–Kier alpha value is -2.98. The molecule has 0 saturated carbocycles. The Morgan fingerprint density at radius 1 is 0.917 bits per heavy atom. The fourth-order valence-electron chi connectivity index (χ4n) is 4.05. The molecule has 3 aromatic rings. The van der Waals surface area contributed by atoms with Crippen molar-refractivity contribution in [3.05, 3.63) is 144 Å². The second kappa shape index (κ2) is 13.4. The summed E-state index contributed by atoms with van der Waals surface area (Å²) in [4.78, 5) is 0. The van der Waals surface area contributed by atoms with Gasteiger partial charge >= 0.3 is 0 Å². The Kier molecular flexibility index (Phi) is 9.68. The lowest BCUT2D eigenvalue weighted by molar-refractivity contribution is 0.444. The first-order valence-electron chi connectivity index (χ1n) is 12.5. The Balaban J connectivity index is 1.76. The van der Waals surface area contributed by atoms with Gasteiger partial charge in [-0.25, -0.2) is 0 Å². The smallest absolute Gasteiger partial charge is 0.135 e. The van der Waals surface area contributed by atoms with E-state index in [2.05, 4.69) is 148 Å². The predicted molar refractivity (Wildman–Crippen MR) is 162 cm³/mol. The minimum absolute atomic E-state index is 0.452. The summed E-state index contributed by atoms with van der Waals surface area (Å²) in [5, 5.41) is 6.45. The lowest BCUT2D eigenvalue weighted by atomic mass is 10.2. The van der Waals surface area contributed by atoms with Gasteiger partial charge in [0.2, 0.25) is 0 Å². The largest absolute Gasteiger partial charge is 0.456 e. The Labute approximate surface area is 219 Å². The second-order valence-electron chi connectivity index (χ2n) is 8.88. The van der Waals surface area contributed by atoms with Crippen molar-refractivity contribution in [3.63, 3.8) is 0 Å². The Morgan fingerprint density at radius 2 is 1.61 bits per heavy atom. The zero-order chi connectivity index (χ0) is 25.2. The third kappa shape index (κ3) is 7.04. The van der Waals surface area contributed by atoms with Gasteiger partial charge in [-0.05, 0) is 55.2 Å². The van der Waals surface area contributed by atoms with Crippen LogP contribution in [-0.2, 0) is 0 Å². The molecule has 3 heteroatoms. The fourth-order valence-corrected chi connectivity index (χ4v) is 7.82. The summed E-state index contributed by atoms with van der Waals surface area (Å²) in [6.07, 6.45) is 16.6. The minimum Gasteiger partial charge on any atom is -0.456 e. The summed E-state index contributed by atoms with van der Waals surface area (Å²) >= 11 is 0. The highest BCUT2D eigenvalue weighted by molar-refractivity contribution is 7.74. The molecule has 2 unspecified atom stereocenters. The summed E-state index contributed by atoms with van der Waals surface area (Å²) in [5.74, 6) is 2.34. The van der Waals surface area contributed by atoms with Gasteiger partial charge in [0.05, 0.1) is 0 Å². The van der Waals surface area contributed by atoms with E-state index in [0.717, 1.165) is 17.9 Å². The Morgan fingerprint density at radius 3 is 2.33 bits per heavy atom. The molecule has 0 amide bonds. The maximum atomic E-state index is 6.81. The van der Waals surface area contributed by atoms with Crippen LogP contribution < -0.4 is 20.7 Å². The van der Waals surface area contributed by atoms with Gasteiger partial charge in [0.25, 0.3) is 0 Å². The molecule has 4 rings (SSSR count). The van der Waals surface area contributed by atoms with E-state index in [1.165, 1.54) is 26.5 Å². The number of para-hydroxylation sites is 1. The number of benzene rings is 3. The number of rotatable bonds is 9. The van der Waals surface area contributed by atoms with Gasteiger partial charge in [-0.3, -0.25) is 0 Å². The van der Waals surface area contributed by atoms with Gasteiger partial charge in [0, 0.05) is 10.6 Å². The van der Waals surface area contributed by atoms with E-state index in [1.807, 2.05) is 0 Å². The van der Waals surface area contributed by atoms with Gasteiger partial charge in [-0.15, -0.1) is 0 Å². The van der Waals surface area contributed by atoms with E-state index in [0.29, 0.717) is 14.5 Å². The zero-order valence-corrected chi connectivity index (χ0v) is 23.2. The first kappa shape index (κ1) is 26.1. The van der Waals surface area contributed by atoms with Crippen molar-refractivity contribution in [1.29, 1.82) is 0 Å². The van der Waals surface area contributed by atoms with Crippen LogP contribution in [0.2, 0.25) is 0 Å². The number of ether oxygens (including phenoxy) is 1. The minimum atomic E-state index is -0.793. The van der Waals surface area contributed by atoms with Crippen LogP contribution in [0.15, 0.2) is 144 Å². The van der Waals surface area contributed by atoms with E-state index in [1.54, 1.807) is 0 Å². The van der Waals surface area contributed by atoms with Gasteiger partial charge in [0.1, 0.15) is 11.5 Å². The zero-order valence-electron chi connectivity index (χ0n) is 21.3. The summed E-state index contributed by atoms with van der Waals surface area (Å²) in [5.41, 5.74) is 0. The molecule has 0 radical (unpaired) electrons. The van der Waals surface area contributed by atoms with Crippen molar-refractivity contribution >= 4 is 32.4 Å².